The zero-order chi connectivity index (χ0) is 7.56. The molecule has 0 bridgehead atoms. The predicted octanol–water partition coefficient (Wildman–Crippen LogP) is 2.54. The maximum Gasteiger partial charge on any atom is 0.141 e. The molecule has 0 aromatic carbocycles. The smallest absolute Gasteiger partial charge is 0.141 e. The summed E-state index contributed by atoms with van der Waals surface area (Å²) >= 11 is 8.93. The first-order valence-electron chi connectivity index (χ1n) is 2.74. The summed E-state index contributed by atoms with van der Waals surface area (Å²) in [5, 5.41) is 3.39. The van der Waals surface area contributed by atoms with Gasteiger partial charge >= 0.3 is 0 Å². The molecule has 0 saturated heterocycles. The third kappa shape index (κ3) is 1.61. The highest BCUT2D eigenvalue weighted by molar-refractivity contribution is 9.10. The van der Waals surface area contributed by atoms with Crippen molar-refractivity contribution in [3.05, 3.63) is 21.8 Å². The number of halogens is 2. The molecule has 0 aliphatic rings. The van der Waals surface area contributed by atoms with Crippen molar-refractivity contribution in [3.63, 3.8) is 0 Å². The molecule has 0 radical (unpaired) electrons. The molecular formula is C6H6BrClN2. The topological polar surface area (TPSA) is 24.9 Å². The van der Waals surface area contributed by atoms with Crippen molar-refractivity contribution >= 4 is 33.3 Å². The Morgan fingerprint density at radius 2 is 2.30 bits per heavy atom. The van der Waals surface area contributed by atoms with Gasteiger partial charge in [-0.1, -0.05) is 11.6 Å². The van der Waals surface area contributed by atoms with E-state index in [1.807, 2.05) is 6.07 Å². The summed E-state index contributed by atoms with van der Waals surface area (Å²) in [5.74, 6) is 0.757. The van der Waals surface area contributed by atoms with Gasteiger partial charge in [-0.25, -0.2) is 4.98 Å². The van der Waals surface area contributed by atoms with Gasteiger partial charge in [0.05, 0.1) is 4.47 Å². The Bertz CT molecular complexity index is 239. The molecule has 0 amide bonds. The van der Waals surface area contributed by atoms with Crippen LogP contribution < -0.4 is 5.32 Å². The zero-order valence-corrected chi connectivity index (χ0v) is 7.70. The Morgan fingerprint density at radius 3 is 2.80 bits per heavy atom. The first-order chi connectivity index (χ1) is 4.74. The third-order valence-electron chi connectivity index (χ3n) is 1.05. The van der Waals surface area contributed by atoms with E-state index in [2.05, 4.69) is 26.2 Å². The van der Waals surface area contributed by atoms with Crippen LogP contribution in [0.25, 0.3) is 0 Å². The number of rotatable bonds is 1. The first-order valence-corrected chi connectivity index (χ1v) is 3.91. The van der Waals surface area contributed by atoms with E-state index in [0.29, 0.717) is 5.15 Å². The van der Waals surface area contributed by atoms with E-state index in [0.717, 1.165) is 10.3 Å². The fourth-order valence-electron chi connectivity index (χ4n) is 0.594. The number of aromatic nitrogens is 1. The van der Waals surface area contributed by atoms with Gasteiger partial charge in [0.15, 0.2) is 0 Å². The lowest BCUT2D eigenvalue weighted by molar-refractivity contribution is 1.27. The molecule has 1 N–H and O–H groups in total. The van der Waals surface area contributed by atoms with Gasteiger partial charge in [-0.05, 0) is 28.1 Å². The second-order valence-electron chi connectivity index (χ2n) is 1.71. The molecule has 2 nitrogen and oxygen atoms in total. The fourth-order valence-corrected chi connectivity index (χ4v) is 1.16. The van der Waals surface area contributed by atoms with Crippen molar-refractivity contribution in [2.24, 2.45) is 0 Å². The first kappa shape index (κ1) is 7.82. The number of nitrogens with one attached hydrogen (secondary N) is 1. The van der Waals surface area contributed by atoms with Gasteiger partial charge in [0.2, 0.25) is 0 Å². The zero-order valence-electron chi connectivity index (χ0n) is 5.36. The molecule has 54 valence electrons. The normalized spacial score (nSPS) is 9.50. The van der Waals surface area contributed by atoms with E-state index in [1.54, 1.807) is 13.1 Å². The quantitative estimate of drug-likeness (QED) is 0.737. The molecule has 10 heavy (non-hydrogen) atoms. The van der Waals surface area contributed by atoms with Crippen molar-refractivity contribution in [2.75, 3.05) is 12.4 Å². The molecule has 0 spiro atoms. The Morgan fingerprint density at radius 1 is 1.60 bits per heavy atom. The lowest BCUT2D eigenvalue weighted by Crippen LogP contribution is -1.92. The number of pyridine rings is 1. The molecule has 0 aliphatic carbocycles. The number of nitrogens with zero attached hydrogens (tertiary/aromatic N) is 1. The van der Waals surface area contributed by atoms with Gasteiger partial charge in [0.1, 0.15) is 11.0 Å². The van der Waals surface area contributed by atoms with E-state index in [9.17, 15) is 0 Å². The van der Waals surface area contributed by atoms with Crippen LogP contribution in [0.4, 0.5) is 5.82 Å². The van der Waals surface area contributed by atoms with Gasteiger partial charge in [-0.2, -0.15) is 0 Å². The lowest BCUT2D eigenvalue weighted by atomic mass is 10.5. The van der Waals surface area contributed by atoms with Crippen molar-refractivity contribution in [2.45, 2.75) is 0 Å². The number of hydrogen-bond donors (Lipinski definition) is 1. The van der Waals surface area contributed by atoms with Crippen molar-refractivity contribution in [3.8, 4) is 0 Å². The van der Waals surface area contributed by atoms with Crippen LogP contribution in [0.3, 0.4) is 0 Å². The molecule has 1 rings (SSSR count). The fraction of sp³-hybridized carbons (Fsp3) is 0.167. The maximum atomic E-state index is 5.62. The van der Waals surface area contributed by atoms with Crippen molar-refractivity contribution in [1.29, 1.82) is 0 Å². The van der Waals surface area contributed by atoms with Crippen LogP contribution >= 0.6 is 27.5 Å². The van der Waals surface area contributed by atoms with E-state index in [4.69, 9.17) is 11.6 Å². The van der Waals surface area contributed by atoms with E-state index < -0.39 is 0 Å². The van der Waals surface area contributed by atoms with Crippen LogP contribution in [0.2, 0.25) is 5.15 Å². The second kappa shape index (κ2) is 3.21. The van der Waals surface area contributed by atoms with E-state index in [-0.39, 0.29) is 0 Å². The highest BCUT2D eigenvalue weighted by atomic mass is 79.9. The van der Waals surface area contributed by atoms with E-state index >= 15 is 0 Å². The lowest BCUT2D eigenvalue weighted by Gasteiger charge is -2.00. The number of hydrogen-bond acceptors (Lipinski definition) is 2. The summed E-state index contributed by atoms with van der Waals surface area (Å²) in [6.45, 7) is 0. The van der Waals surface area contributed by atoms with Crippen LogP contribution in [0, 0.1) is 0 Å². The maximum absolute atomic E-state index is 5.62. The molecular weight excluding hydrogens is 215 g/mol. The minimum atomic E-state index is 0.493. The minimum absolute atomic E-state index is 0.493. The van der Waals surface area contributed by atoms with Crippen molar-refractivity contribution in [1.82, 2.24) is 4.98 Å². The summed E-state index contributed by atoms with van der Waals surface area (Å²) in [6.07, 6.45) is 0. The monoisotopic (exact) mass is 220 g/mol. The molecule has 1 aromatic heterocycles. The Hall–Kier alpha value is -0.280. The summed E-state index contributed by atoms with van der Waals surface area (Å²) in [7, 11) is 1.80. The highest BCUT2D eigenvalue weighted by Gasteiger charge is 1.97. The molecule has 0 atom stereocenters. The second-order valence-corrected chi connectivity index (χ2v) is 2.96. The summed E-state index contributed by atoms with van der Waals surface area (Å²) in [4.78, 5) is 4.00. The van der Waals surface area contributed by atoms with E-state index in [1.165, 1.54) is 0 Å². The predicted molar refractivity (Wildman–Crippen MR) is 46.5 cm³/mol. The van der Waals surface area contributed by atoms with Gasteiger partial charge in [0, 0.05) is 7.05 Å². The highest BCUT2D eigenvalue weighted by Crippen LogP contribution is 2.20. The Balaban J connectivity index is 3.09. The van der Waals surface area contributed by atoms with Crippen LogP contribution in [0.15, 0.2) is 16.6 Å². The Labute approximate surface area is 72.7 Å². The van der Waals surface area contributed by atoms with Crippen LogP contribution in [-0.2, 0) is 0 Å². The molecule has 1 heterocycles. The van der Waals surface area contributed by atoms with Gasteiger partial charge < -0.3 is 5.32 Å². The molecule has 1 aromatic rings. The molecule has 0 fully saturated rings. The van der Waals surface area contributed by atoms with Crippen LogP contribution in [0.5, 0.6) is 0 Å². The molecule has 0 aliphatic heterocycles. The SMILES string of the molecule is CNc1nc(Cl)ccc1Br. The number of anilines is 1. The molecule has 0 saturated carbocycles. The standard InChI is InChI=1S/C6H6BrClN2/c1-9-6-4(7)2-3-5(8)10-6/h2-3H,1H3,(H,9,10). The Kier molecular flexibility index (Phi) is 2.51. The average molecular weight is 221 g/mol. The van der Waals surface area contributed by atoms with Gasteiger partial charge in [-0.15, -0.1) is 0 Å². The molecule has 0 unspecified atom stereocenters. The van der Waals surface area contributed by atoms with Crippen LogP contribution in [0.1, 0.15) is 0 Å². The summed E-state index contributed by atoms with van der Waals surface area (Å²) in [5.41, 5.74) is 0. The molecule has 4 heteroatoms. The van der Waals surface area contributed by atoms with Crippen molar-refractivity contribution < 1.29 is 0 Å². The largest absolute Gasteiger partial charge is 0.372 e. The van der Waals surface area contributed by atoms with Gasteiger partial charge in [0.25, 0.3) is 0 Å². The third-order valence-corrected chi connectivity index (χ3v) is 1.90. The average Bonchev–Trinajstić information content (AvgIpc) is 1.94. The minimum Gasteiger partial charge on any atom is -0.372 e. The summed E-state index contributed by atoms with van der Waals surface area (Å²) in [6, 6.07) is 3.58. The van der Waals surface area contributed by atoms with Gasteiger partial charge in [-0.3, -0.25) is 0 Å². The van der Waals surface area contributed by atoms with Crippen LogP contribution in [-0.4, -0.2) is 12.0 Å². The summed E-state index contributed by atoms with van der Waals surface area (Å²) < 4.78 is 0.916.